The summed E-state index contributed by atoms with van der Waals surface area (Å²) in [6.45, 7) is 6.17. The maximum absolute atomic E-state index is 12.6. The van der Waals surface area contributed by atoms with E-state index in [1.165, 1.54) is 11.3 Å². The summed E-state index contributed by atoms with van der Waals surface area (Å²) in [5.41, 5.74) is 0.861. The Balaban J connectivity index is 2.03. The number of amides is 1. The molecule has 0 aliphatic carbocycles. The van der Waals surface area contributed by atoms with Crippen LogP contribution in [0.5, 0.6) is 17.2 Å². The minimum atomic E-state index is 0.144. The Morgan fingerprint density at radius 1 is 1.17 bits per heavy atom. The first-order valence-electron chi connectivity index (χ1n) is 10.0. The number of hydrogen-bond donors (Lipinski definition) is 0. The highest BCUT2D eigenvalue weighted by molar-refractivity contribution is 7.09. The Hall–Kier alpha value is -2.32. The molecular weight excluding hydrogens is 404 g/mol. The number of ether oxygens (including phenoxy) is 4. The molecule has 0 saturated heterocycles. The van der Waals surface area contributed by atoms with Gasteiger partial charge in [-0.25, -0.2) is 4.98 Å². The van der Waals surface area contributed by atoms with Gasteiger partial charge in [0.15, 0.2) is 11.5 Å². The SMILES string of the molecule is COCCCN(Cc1csc(COc2c(OC)cccc2OC)n1)C(=O)CC(C)C. The molecular formula is C22H32N2O5S. The standard InChI is InChI=1S/C22H32N2O5S/c1-16(2)12-21(25)24(10-7-11-26-3)13-17-15-30-20(23-17)14-29-22-18(27-4)8-6-9-19(22)28-5/h6,8-9,15-16H,7,10-14H2,1-5H3. The molecule has 2 aromatic rings. The first-order valence-corrected chi connectivity index (χ1v) is 10.9. The molecule has 7 nitrogen and oxygen atoms in total. The molecule has 0 bridgehead atoms. The second kappa shape index (κ2) is 12.4. The molecule has 0 aliphatic heterocycles. The molecule has 0 saturated carbocycles. The van der Waals surface area contributed by atoms with Gasteiger partial charge in [0.05, 0.1) is 26.5 Å². The smallest absolute Gasteiger partial charge is 0.223 e. The molecule has 0 spiro atoms. The maximum atomic E-state index is 12.6. The van der Waals surface area contributed by atoms with Gasteiger partial charge in [0.25, 0.3) is 0 Å². The van der Waals surface area contributed by atoms with Crippen LogP contribution in [0.3, 0.4) is 0 Å². The highest BCUT2D eigenvalue weighted by Gasteiger charge is 2.17. The first-order chi connectivity index (χ1) is 14.5. The number of carbonyl (C=O) groups is 1. The second-order valence-electron chi connectivity index (χ2n) is 7.27. The molecule has 166 valence electrons. The average molecular weight is 437 g/mol. The van der Waals surface area contributed by atoms with Gasteiger partial charge in [0, 0.05) is 32.1 Å². The molecule has 1 heterocycles. The quantitative estimate of drug-likeness (QED) is 0.439. The zero-order chi connectivity index (χ0) is 21.9. The molecule has 0 aliphatic rings. The lowest BCUT2D eigenvalue weighted by Crippen LogP contribution is -2.33. The van der Waals surface area contributed by atoms with Gasteiger partial charge < -0.3 is 23.8 Å². The van der Waals surface area contributed by atoms with E-state index >= 15 is 0 Å². The molecule has 8 heteroatoms. The number of carbonyl (C=O) groups excluding carboxylic acids is 1. The number of hydrogen-bond acceptors (Lipinski definition) is 7. The van der Waals surface area contributed by atoms with Crippen LogP contribution in [0.2, 0.25) is 0 Å². The molecule has 0 atom stereocenters. The van der Waals surface area contributed by atoms with E-state index in [-0.39, 0.29) is 5.91 Å². The van der Waals surface area contributed by atoms with Crippen molar-refractivity contribution in [1.82, 2.24) is 9.88 Å². The minimum Gasteiger partial charge on any atom is -0.493 e. The topological polar surface area (TPSA) is 70.1 Å². The van der Waals surface area contributed by atoms with Gasteiger partial charge in [0.1, 0.15) is 11.6 Å². The fraction of sp³-hybridized carbons (Fsp3) is 0.545. The van der Waals surface area contributed by atoms with Crippen LogP contribution in [0.15, 0.2) is 23.6 Å². The highest BCUT2D eigenvalue weighted by Crippen LogP contribution is 2.37. The monoisotopic (exact) mass is 436 g/mol. The summed E-state index contributed by atoms with van der Waals surface area (Å²) in [6.07, 6.45) is 1.33. The second-order valence-corrected chi connectivity index (χ2v) is 8.22. The third-order valence-corrected chi connectivity index (χ3v) is 5.26. The number of benzene rings is 1. The van der Waals surface area contributed by atoms with Crippen LogP contribution in [0, 0.1) is 5.92 Å². The predicted octanol–water partition coefficient (Wildman–Crippen LogP) is 4.15. The van der Waals surface area contributed by atoms with Crippen molar-refractivity contribution in [2.24, 2.45) is 5.92 Å². The number of rotatable bonds is 13. The van der Waals surface area contributed by atoms with Crippen LogP contribution in [-0.4, -0.2) is 50.3 Å². The van der Waals surface area contributed by atoms with Gasteiger partial charge in [-0.05, 0) is 24.5 Å². The Morgan fingerprint density at radius 3 is 2.47 bits per heavy atom. The number of methoxy groups -OCH3 is 3. The van der Waals surface area contributed by atoms with Crippen LogP contribution in [0.4, 0.5) is 0 Å². The Bertz CT molecular complexity index is 771. The number of nitrogens with zero attached hydrogens (tertiary/aromatic N) is 2. The summed E-state index contributed by atoms with van der Waals surface area (Å²) in [5, 5.41) is 2.80. The van der Waals surface area contributed by atoms with Crippen LogP contribution >= 0.6 is 11.3 Å². The molecule has 30 heavy (non-hydrogen) atoms. The number of para-hydroxylation sites is 1. The average Bonchev–Trinajstić information content (AvgIpc) is 3.18. The fourth-order valence-corrected chi connectivity index (χ4v) is 3.64. The maximum Gasteiger partial charge on any atom is 0.223 e. The van der Waals surface area contributed by atoms with Gasteiger partial charge in [-0.1, -0.05) is 19.9 Å². The molecule has 0 radical (unpaired) electrons. The third kappa shape index (κ3) is 7.18. The molecule has 2 rings (SSSR count). The summed E-state index contributed by atoms with van der Waals surface area (Å²) in [4.78, 5) is 19.1. The van der Waals surface area contributed by atoms with E-state index in [1.807, 2.05) is 28.5 Å². The summed E-state index contributed by atoms with van der Waals surface area (Å²) < 4.78 is 21.8. The van der Waals surface area contributed by atoms with Crippen molar-refractivity contribution in [3.05, 3.63) is 34.3 Å². The van der Waals surface area contributed by atoms with Crippen LogP contribution < -0.4 is 14.2 Å². The molecule has 0 unspecified atom stereocenters. The van der Waals surface area contributed by atoms with Crippen LogP contribution in [0.1, 0.15) is 37.4 Å². The summed E-state index contributed by atoms with van der Waals surface area (Å²) in [6, 6.07) is 5.49. The lowest BCUT2D eigenvalue weighted by Gasteiger charge is -2.22. The third-order valence-electron chi connectivity index (χ3n) is 4.39. The summed E-state index contributed by atoms with van der Waals surface area (Å²) >= 11 is 1.51. The lowest BCUT2D eigenvalue weighted by atomic mass is 10.1. The summed E-state index contributed by atoms with van der Waals surface area (Å²) in [5.74, 6) is 2.22. The molecule has 1 aromatic heterocycles. The van der Waals surface area contributed by atoms with Crippen molar-refractivity contribution in [3.63, 3.8) is 0 Å². The first kappa shape index (κ1) is 24.0. The van der Waals surface area contributed by atoms with Gasteiger partial charge in [0.2, 0.25) is 11.7 Å². The fourth-order valence-electron chi connectivity index (χ4n) is 2.95. The van der Waals surface area contributed by atoms with E-state index in [1.54, 1.807) is 21.3 Å². The normalized spacial score (nSPS) is 10.9. The van der Waals surface area contributed by atoms with Crippen molar-refractivity contribution >= 4 is 17.2 Å². The van der Waals surface area contributed by atoms with E-state index in [0.29, 0.717) is 55.9 Å². The predicted molar refractivity (Wildman–Crippen MR) is 117 cm³/mol. The Labute approximate surface area is 182 Å². The van der Waals surface area contributed by atoms with E-state index in [0.717, 1.165) is 17.1 Å². The number of aromatic nitrogens is 1. The minimum absolute atomic E-state index is 0.144. The molecule has 1 aromatic carbocycles. The van der Waals surface area contributed by atoms with Gasteiger partial charge in [-0.3, -0.25) is 4.79 Å². The Kier molecular flexibility index (Phi) is 9.89. The summed E-state index contributed by atoms with van der Waals surface area (Å²) in [7, 11) is 4.86. The van der Waals surface area contributed by atoms with Gasteiger partial charge in [-0.2, -0.15) is 0 Å². The van der Waals surface area contributed by atoms with E-state index in [4.69, 9.17) is 18.9 Å². The Morgan fingerprint density at radius 2 is 1.87 bits per heavy atom. The van der Waals surface area contributed by atoms with E-state index in [2.05, 4.69) is 18.8 Å². The van der Waals surface area contributed by atoms with Crippen molar-refractivity contribution < 1.29 is 23.7 Å². The number of thiazole rings is 1. The highest BCUT2D eigenvalue weighted by atomic mass is 32.1. The van der Waals surface area contributed by atoms with Crippen molar-refractivity contribution in [2.75, 3.05) is 34.5 Å². The van der Waals surface area contributed by atoms with Gasteiger partial charge >= 0.3 is 0 Å². The molecule has 0 N–H and O–H groups in total. The largest absolute Gasteiger partial charge is 0.493 e. The molecule has 1 amide bonds. The van der Waals surface area contributed by atoms with Crippen molar-refractivity contribution in [1.29, 1.82) is 0 Å². The zero-order valence-electron chi connectivity index (χ0n) is 18.5. The van der Waals surface area contributed by atoms with E-state index < -0.39 is 0 Å². The molecule has 0 fully saturated rings. The zero-order valence-corrected chi connectivity index (χ0v) is 19.3. The lowest BCUT2D eigenvalue weighted by molar-refractivity contribution is -0.132. The van der Waals surface area contributed by atoms with Crippen LogP contribution in [-0.2, 0) is 22.7 Å². The van der Waals surface area contributed by atoms with Crippen molar-refractivity contribution in [2.45, 2.75) is 39.8 Å². The van der Waals surface area contributed by atoms with Crippen molar-refractivity contribution in [3.8, 4) is 17.2 Å². The van der Waals surface area contributed by atoms with E-state index in [9.17, 15) is 4.79 Å². The van der Waals surface area contributed by atoms with Gasteiger partial charge in [-0.15, -0.1) is 11.3 Å². The van der Waals surface area contributed by atoms with Crippen LogP contribution in [0.25, 0.3) is 0 Å².